The second-order valence-corrected chi connectivity index (χ2v) is 3.08. The molecule has 1 N–H and O–H groups in total. The van der Waals surface area contributed by atoms with Crippen molar-refractivity contribution in [2.75, 3.05) is 0 Å². The lowest BCUT2D eigenvalue weighted by Gasteiger charge is -1.97. The summed E-state index contributed by atoms with van der Waals surface area (Å²) in [5, 5.41) is 8.37. The first-order chi connectivity index (χ1) is 7.66. The van der Waals surface area contributed by atoms with Crippen molar-refractivity contribution in [2.45, 2.75) is 0 Å². The SMILES string of the molecule is O=C(O)C(F)=Cc1cnc2ccccc2n1. The predicted octanol–water partition coefficient (Wildman–Crippen LogP) is 2.02. The average Bonchev–Trinajstić information content (AvgIpc) is 2.28. The molecule has 1 heterocycles. The van der Waals surface area contributed by atoms with Gasteiger partial charge in [-0.2, -0.15) is 4.39 Å². The zero-order valence-electron chi connectivity index (χ0n) is 8.09. The molecular formula is C11H7FN2O2. The third-order valence-electron chi connectivity index (χ3n) is 1.95. The van der Waals surface area contributed by atoms with E-state index in [1.165, 1.54) is 6.20 Å². The first kappa shape index (κ1) is 10.2. The van der Waals surface area contributed by atoms with Gasteiger partial charge in [-0.1, -0.05) is 12.1 Å². The van der Waals surface area contributed by atoms with Crippen LogP contribution < -0.4 is 0 Å². The number of hydrogen-bond acceptors (Lipinski definition) is 3. The van der Waals surface area contributed by atoms with Crippen LogP contribution in [0.15, 0.2) is 36.3 Å². The van der Waals surface area contributed by atoms with Crippen molar-refractivity contribution in [3.63, 3.8) is 0 Å². The van der Waals surface area contributed by atoms with Crippen molar-refractivity contribution < 1.29 is 14.3 Å². The van der Waals surface area contributed by atoms with Gasteiger partial charge in [0, 0.05) is 6.08 Å². The normalized spacial score (nSPS) is 11.7. The van der Waals surface area contributed by atoms with Crippen molar-refractivity contribution in [3.8, 4) is 0 Å². The van der Waals surface area contributed by atoms with Gasteiger partial charge >= 0.3 is 5.97 Å². The summed E-state index contributed by atoms with van der Waals surface area (Å²) in [5.74, 6) is -2.88. The Balaban J connectivity index is 2.47. The predicted molar refractivity (Wildman–Crippen MR) is 56.3 cm³/mol. The number of fused-ring (bicyclic) bond motifs is 1. The largest absolute Gasteiger partial charge is 0.476 e. The Labute approximate surface area is 90.1 Å². The summed E-state index contributed by atoms with van der Waals surface area (Å²) in [5.41, 5.74) is 1.45. The molecular weight excluding hydrogens is 211 g/mol. The van der Waals surface area contributed by atoms with E-state index in [-0.39, 0.29) is 5.69 Å². The lowest BCUT2D eigenvalue weighted by atomic mass is 10.3. The molecule has 1 aromatic carbocycles. The maximum absolute atomic E-state index is 12.8. The Morgan fingerprint density at radius 3 is 2.69 bits per heavy atom. The van der Waals surface area contributed by atoms with Crippen molar-refractivity contribution in [2.24, 2.45) is 0 Å². The minimum Gasteiger partial charge on any atom is -0.476 e. The second-order valence-electron chi connectivity index (χ2n) is 3.08. The molecule has 80 valence electrons. The highest BCUT2D eigenvalue weighted by Crippen LogP contribution is 2.11. The van der Waals surface area contributed by atoms with E-state index in [1.54, 1.807) is 18.2 Å². The quantitative estimate of drug-likeness (QED) is 0.783. The van der Waals surface area contributed by atoms with Crippen LogP contribution in [0.1, 0.15) is 5.69 Å². The molecule has 1 aromatic heterocycles. The van der Waals surface area contributed by atoms with Crippen molar-refractivity contribution in [3.05, 3.63) is 42.0 Å². The van der Waals surface area contributed by atoms with E-state index >= 15 is 0 Å². The lowest BCUT2D eigenvalue weighted by molar-refractivity contribution is -0.134. The molecule has 4 nitrogen and oxygen atoms in total. The molecule has 5 heteroatoms. The topological polar surface area (TPSA) is 63.1 Å². The first-order valence-corrected chi connectivity index (χ1v) is 4.49. The van der Waals surface area contributed by atoms with Crippen molar-refractivity contribution >= 4 is 23.1 Å². The Morgan fingerprint density at radius 2 is 2.00 bits per heavy atom. The van der Waals surface area contributed by atoms with E-state index in [4.69, 9.17) is 5.11 Å². The number of para-hydroxylation sites is 2. The molecule has 0 fully saturated rings. The van der Waals surface area contributed by atoms with E-state index in [1.807, 2.05) is 6.07 Å². The monoisotopic (exact) mass is 218 g/mol. The zero-order chi connectivity index (χ0) is 11.5. The molecule has 0 unspecified atom stereocenters. The Hall–Kier alpha value is -2.30. The fourth-order valence-electron chi connectivity index (χ4n) is 1.23. The number of halogens is 1. The van der Waals surface area contributed by atoms with Crippen molar-refractivity contribution in [1.82, 2.24) is 9.97 Å². The zero-order valence-corrected chi connectivity index (χ0v) is 8.09. The maximum atomic E-state index is 12.8. The number of hydrogen-bond donors (Lipinski definition) is 1. The van der Waals surface area contributed by atoms with Crippen LogP contribution >= 0.6 is 0 Å². The summed E-state index contributed by atoms with van der Waals surface area (Å²) >= 11 is 0. The highest BCUT2D eigenvalue weighted by Gasteiger charge is 2.06. The van der Waals surface area contributed by atoms with Gasteiger partial charge in [0.1, 0.15) is 0 Å². The summed E-state index contributed by atoms with van der Waals surface area (Å²) in [7, 11) is 0. The Morgan fingerprint density at radius 1 is 1.31 bits per heavy atom. The summed E-state index contributed by atoms with van der Waals surface area (Å²) in [6, 6.07) is 7.07. The number of carboxylic acid groups (broad SMARTS) is 1. The van der Waals surface area contributed by atoms with Crippen LogP contribution in [0.3, 0.4) is 0 Å². The van der Waals surface area contributed by atoms with Crippen LogP contribution in [-0.2, 0) is 4.79 Å². The smallest absolute Gasteiger partial charge is 0.364 e. The van der Waals surface area contributed by atoms with Crippen LogP contribution in [0, 0.1) is 0 Å². The molecule has 0 saturated carbocycles. The molecule has 0 atom stereocenters. The first-order valence-electron chi connectivity index (χ1n) is 4.49. The van der Waals surface area contributed by atoms with Crippen LogP contribution in [0.25, 0.3) is 17.1 Å². The van der Waals surface area contributed by atoms with Gasteiger partial charge < -0.3 is 5.11 Å². The molecule has 16 heavy (non-hydrogen) atoms. The number of carbonyl (C=O) groups is 1. The van der Waals surface area contributed by atoms with Crippen LogP contribution in [0.4, 0.5) is 4.39 Å². The molecule has 0 amide bonds. The highest BCUT2D eigenvalue weighted by molar-refractivity contribution is 5.89. The fourth-order valence-corrected chi connectivity index (χ4v) is 1.23. The minimum absolute atomic E-state index is 0.179. The average molecular weight is 218 g/mol. The number of benzene rings is 1. The molecule has 0 bridgehead atoms. The lowest BCUT2D eigenvalue weighted by Crippen LogP contribution is -1.95. The summed E-state index contributed by atoms with van der Waals surface area (Å²) in [6.07, 6.45) is 2.16. The molecule has 0 aliphatic heterocycles. The van der Waals surface area contributed by atoms with Gasteiger partial charge in [0.05, 0.1) is 22.9 Å². The van der Waals surface area contributed by atoms with E-state index < -0.39 is 11.8 Å². The van der Waals surface area contributed by atoms with Gasteiger partial charge in [-0.3, -0.25) is 4.98 Å². The Kier molecular flexibility index (Phi) is 2.59. The molecule has 0 aliphatic carbocycles. The van der Waals surface area contributed by atoms with E-state index in [0.29, 0.717) is 11.0 Å². The van der Waals surface area contributed by atoms with E-state index in [2.05, 4.69) is 9.97 Å². The van der Waals surface area contributed by atoms with Gasteiger partial charge in [-0.05, 0) is 12.1 Å². The molecule has 2 rings (SSSR count). The summed E-state index contributed by atoms with van der Waals surface area (Å²) in [6.45, 7) is 0. The van der Waals surface area contributed by atoms with Crippen LogP contribution in [-0.4, -0.2) is 21.0 Å². The van der Waals surface area contributed by atoms with Crippen LogP contribution in [0.2, 0.25) is 0 Å². The molecule has 0 spiro atoms. The minimum atomic E-state index is -1.62. The van der Waals surface area contributed by atoms with Gasteiger partial charge in [0.15, 0.2) is 0 Å². The number of aliphatic carboxylic acids is 1. The number of nitrogens with zero attached hydrogens (tertiary/aromatic N) is 2. The van der Waals surface area contributed by atoms with Crippen molar-refractivity contribution in [1.29, 1.82) is 0 Å². The molecule has 0 saturated heterocycles. The van der Waals surface area contributed by atoms with Gasteiger partial charge in [0.2, 0.25) is 5.83 Å². The number of aromatic nitrogens is 2. The van der Waals surface area contributed by atoms with E-state index in [9.17, 15) is 9.18 Å². The molecule has 2 aromatic rings. The van der Waals surface area contributed by atoms with Gasteiger partial charge in [0.25, 0.3) is 0 Å². The van der Waals surface area contributed by atoms with Crippen LogP contribution in [0.5, 0.6) is 0 Å². The van der Waals surface area contributed by atoms with Gasteiger partial charge in [-0.25, -0.2) is 9.78 Å². The second kappa shape index (κ2) is 4.06. The maximum Gasteiger partial charge on any atom is 0.364 e. The Bertz CT molecular complexity index is 581. The molecule has 0 aliphatic rings. The van der Waals surface area contributed by atoms with Gasteiger partial charge in [-0.15, -0.1) is 0 Å². The summed E-state index contributed by atoms with van der Waals surface area (Å²) in [4.78, 5) is 18.4. The third-order valence-corrected chi connectivity index (χ3v) is 1.95. The fraction of sp³-hybridized carbons (Fsp3) is 0. The highest BCUT2D eigenvalue weighted by atomic mass is 19.1. The number of rotatable bonds is 2. The van der Waals surface area contributed by atoms with E-state index in [0.717, 1.165) is 6.08 Å². The number of carboxylic acids is 1. The summed E-state index contributed by atoms with van der Waals surface area (Å²) < 4.78 is 12.8. The molecule has 0 radical (unpaired) electrons. The third kappa shape index (κ3) is 2.03. The standard InChI is InChI=1S/C11H7FN2O2/c12-8(11(15)16)5-7-6-13-9-3-1-2-4-10(9)14-7/h1-6H,(H,15,16).